The predicted molar refractivity (Wildman–Crippen MR) is 134 cm³/mol. The smallest absolute Gasteiger partial charge is 0.255 e. The van der Waals surface area contributed by atoms with Gasteiger partial charge in [-0.2, -0.15) is 0 Å². The molecule has 1 heterocycles. The first kappa shape index (κ1) is 24.1. The average Bonchev–Trinajstić information content (AvgIpc) is 3.20. The molecular weight excluding hydrogens is 444 g/mol. The molecule has 35 heavy (non-hydrogen) atoms. The van der Waals surface area contributed by atoms with E-state index in [1.165, 1.54) is 7.11 Å². The summed E-state index contributed by atoms with van der Waals surface area (Å²) in [5.41, 5.74) is 5.09. The molecule has 0 radical (unpaired) electrons. The molecule has 4 rings (SSSR count). The number of fused-ring (bicyclic) bond motifs is 1. The fraction of sp³-hybridized carbons (Fsp3) is 0.286. The molecule has 7 heteroatoms. The lowest BCUT2D eigenvalue weighted by atomic mass is 9.99. The van der Waals surface area contributed by atoms with Crippen LogP contribution in [0.2, 0.25) is 0 Å². The molecule has 1 atom stereocenters. The summed E-state index contributed by atoms with van der Waals surface area (Å²) in [6, 6.07) is 16.5. The predicted octanol–water partition coefficient (Wildman–Crippen LogP) is 5.06. The molecule has 1 aliphatic rings. The van der Waals surface area contributed by atoms with Crippen LogP contribution in [0, 0.1) is 13.8 Å². The number of amides is 2. The Morgan fingerprint density at radius 3 is 2.29 bits per heavy atom. The molecule has 3 aromatic rings. The summed E-state index contributed by atoms with van der Waals surface area (Å²) in [6.45, 7) is 4.34. The van der Waals surface area contributed by atoms with Crippen LogP contribution in [0.25, 0.3) is 0 Å². The Bertz CT molecular complexity index is 1240. The molecule has 0 aliphatic carbocycles. The van der Waals surface area contributed by atoms with Gasteiger partial charge in [0.2, 0.25) is 11.7 Å². The molecule has 0 saturated heterocycles. The van der Waals surface area contributed by atoms with Crippen molar-refractivity contribution in [1.29, 1.82) is 0 Å². The largest absolute Gasteiger partial charge is 0.493 e. The van der Waals surface area contributed by atoms with Crippen molar-refractivity contribution in [3.05, 3.63) is 82.4 Å². The summed E-state index contributed by atoms with van der Waals surface area (Å²) in [5, 5.41) is 3.03. The van der Waals surface area contributed by atoms with Gasteiger partial charge in [0.15, 0.2) is 11.5 Å². The third kappa shape index (κ3) is 4.80. The highest BCUT2D eigenvalue weighted by molar-refractivity contribution is 5.99. The van der Waals surface area contributed by atoms with Gasteiger partial charge < -0.3 is 24.4 Å². The molecule has 0 saturated carbocycles. The van der Waals surface area contributed by atoms with Crippen LogP contribution in [-0.4, -0.2) is 38.0 Å². The van der Waals surface area contributed by atoms with Crippen LogP contribution >= 0.6 is 0 Å². The highest BCUT2D eigenvalue weighted by atomic mass is 16.5. The van der Waals surface area contributed by atoms with Crippen LogP contribution in [0.4, 0.5) is 5.69 Å². The van der Waals surface area contributed by atoms with Crippen molar-refractivity contribution in [2.75, 3.05) is 26.6 Å². The second-order valence-electron chi connectivity index (χ2n) is 8.64. The number of anilines is 1. The van der Waals surface area contributed by atoms with E-state index in [1.54, 1.807) is 31.3 Å². The summed E-state index contributed by atoms with van der Waals surface area (Å²) in [7, 11) is 4.62. The summed E-state index contributed by atoms with van der Waals surface area (Å²) in [5.74, 6) is 1.07. The van der Waals surface area contributed by atoms with E-state index < -0.39 is 6.04 Å². The van der Waals surface area contributed by atoms with Gasteiger partial charge in [-0.25, -0.2) is 0 Å². The van der Waals surface area contributed by atoms with Crippen LogP contribution in [0.3, 0.4) is 0 Å². The number of ether oxygens (including phenoxy) is 3. The van der Waals surface area contributed by atoms with Crippen molar-refractivity contribution >= 4 is 17.5 Å². The maximum Gasteiger partial charge on any atom is 0.255 e. The molecule has 1 N–H and O–H groups in total. The zero-order valence-electron chi connectivity index (χ0n) is 20.7. The van der Waals surface area contributed by atoms with E-state index in [2.05, 4.69) is 5.32 Å². The van der Waals surface area contributed by atoms with E-state index in [4.69, 9.17) is 14.2 Å². The van der Waals surface area contributed by atoms with Crippen LogP contribution in [0.15, 0.2) is 54.6 Å². The van der Waals surface area contributed by atoms with Crippen LogP contribution in [-0.2, 0) is 11.3 Å². The lowest BCUT2D eigenvalue weighted by Gasteiger charge is -2.29. The number of hydrogen-bond acceptors (Lipinski definition) is 5. The van der Waals surface area contributed by atoms with Crippen molar-refractivity contribution in [2.24, 2.45) is 0 Å². The Balaban J connectivity index is 1.73. The standard InChI is InChI=1S/C28H30N2O5/c1-17-10-11-18(2)22(12-17)29-26(31)15-23(30-16-19-8-6-7-9-21(19)28(30)32)20-13-24(33-3)27(35-5)25(14-20)34-4/h6-14,23H,15-16H2,1-5H3,(H,29,31)/t23-/m1/s1. The Morgan fingerprint density at radius 2 is 1.66 bits per heavy atom. The fourth-order valence-electron chi connectivity index (χ4n) is 4.48. The minimum Gasteiger partial charge on any atom is -0.493 e. The van der Waals surface area contributed by atoms with Gasteiger partial charge in [0.25, 0.3) is 5.91 Å². The molecule has 0 fully saturated rings. The van der Waals surface area contributed by atoms with Gasteiger partial charge in [-0.05, 0) is 60.4 Å². The third-order valence-electron chi connectivity index (χ3n) is 6.34. The molecule has 1 aliphatic heterocycles. The number of carbonyl (C=O) groups is 2. The van der Waals surface area contributed by atoms with Crippen molar-refractivity contribution in [3.63, 3.8) is 0 Å². The second-order valence-corrected chi connectivity index (χ2v) is 8.64. The molecule has 0 unspecified atom stereocenters. The third-order valence-corrected chi connectivity index (χ3v) is 6.34. The molecule has 3 aromatic carbocycles. The Kier molecular flexibility index (Phi) is 6.96. The summed E-state index contributed by atoms with van der Waals surface area (Å²) >= 11 is 0. The number of carbonyl (C=O) groups excluding carboxylic acids is 2. The van der Waals surface area contributed by atoms with Crippen LogP contribution in [0.1, 0.15) is 45.1 Å². The number of methoxy groups -OCH3 is 3. The quantitative estimate of drug-likeness (QED) is 0.494. The minimum atomic E-state index is -0.547. The molecular formula is C28H30N2O5. The lowest BCUT2D eigenvalue weighted by Crippen LogP contribution is -2.32. The van der Waals surface area contributed by atoms with Crippen LogP contribution < -0.4 is 19.5 Å². The average molecular weight is 475 g/mol. The first-order valence-corrected chi connectivity index (χ1v) is 11.4. The minimum absolute atomic E-state index is 0.0613. The summed E-state index contributed by atoms with van der Waals surface area (Å²) in [4.78, 5) is 28.4. The number of nitrogens with one attached hydrogen (secondary N) is 1. The zero-order chi connectivity index (χ0) is 25.1. The number of hydrogen-bond donors (Lipinski definition) is 1. The number of benzene rings is 3. The van der Waals surface area contributed by atoms with Crippen molar-refractivity contribution in [2.45, 2.75) is 32.9 Å². The first-order chi connectivity index (χ1) is 16.9. The van der Waals surface area contributed by atoms with Gasteiger partial charge in [-0.15, -0.1) is 0 Å². The molecule has 7 nitrogen and oxygen atoms in total. The maximum absolute atomic E-state index is 13.4. The SMILES string of the molecule is COc1cc([C@@H](CC(=O)Nc2cc(C)ccc2C)N2Cc3ccccc3C2=O)cc(OC)c1OC. The highest BCUT2D eigenvalue weighted by Crippen LogP contribution is 2.43. The lowest BCUT2D eigenvalue weighted by molar-refractivity contribution is -0.117. The number of nitrogens with zero attached hydrogens (tertiary/aromatic N) is 1. The summed E-state index contributed by atoms with van der Waals surface area (Å²) < 4.78 is 16.5. The second kappa shape index (κ2) is 10.1. The molecule has 0 bridgehead atoms. The fourth-order valence-corrected chi connectivity index (χ4v) is 4.48. The van der Waals surface area contributed by atoms with E-state index in [1.807, 2.05) is 56.3 Å². The van der Waals surface area contributed by atoms with E-state index in [-0.39, 0.29) is 18.2 Å². The van der Waals surface area contributed by atoms with E-state index in [0.29, 0.717) is 29.4 Å². The van der Waals surface area contributed by atoms with Crippen molar-refractivity contribution in [3.8, 4) is 17.2 Å². The van der Waals surface area contributed by atoms with E-state index in [0.717, 1.165) is 27.9 Å². The van der Waals surface area contributed by atoms with Gasteiger partial charge in [-0.1, -0.05) is 30.3 Å². The highest BCUT2D eigenvalue weighted by Gasteiger charge is 2.35. The monoisotopic (exact) mass is 474 g/mol. The van der Waals surface area contributed by atoms with Gasteiger partial charge in [0, 0.05) is 17.8 Å². The molecule has 2 amide bonds. The van der Waals surface area contributed by atoms with Gasteiger partial charge in [0.1, 0.15) is 0 Å². The number of aryl methyl sites for hydroxylation is 2. The first-order valence-electron chi connectivity index (χ1n) is 11.4. The van der Waals surface area contributed by atoms with Gasteiger partial charge in [0.05, 0.1) is 33.8 Å². The maximum atomic E-state index is 13.4. The normalized spacial score (nSPS) is 13.3. The van der Waals surface area contributed by atoms with Gasteiger partial charge in [-0.3, -0.25) is 9.59 Å². The van der Waals surface area contributed by atoms with Crippen molar-refractivity contribution < 1.29 is 23.8 Å². The zero-order valence-corrected chi connectivity index (χ0v) is 20.7. The number of rotatable bonds is 8. The molecule has 182 valence electrons. The van der Waals surface area contributed by atoms with E-state index in [9.17, 15) is 9.59 Å². The topological polar surface area (TPSA) is 77.1 Å². The summed E-state index contributed by atoms with van der Waals surface area (Å²) in [6.07, 6.45) is 0.0613. The molecule has 0 aromatic heterocycles. The Hall–Kier alpha value is -4.00. The Morgan fingerprint density at radius 1 is 0.971 bits per heavy atom. The van der Waals surface area contributed by atoms with Crippen LogP contribution in [0.5, 0.6) is 17.2 Å². The molecule has 0 spiro atoms. The van der Waals surface area contributed by atoms with Crippen molar-refractivity contribution in [1.82, 2.24) is 4.90 Å². The van der Waals surface area contributed by atoms with Gasteiger partial charge >= 0.3 is 0 Å². The Labute approximate surface area is 205 Å². The van der Waals surface area contributed by atoms with E-state index >= 15 is 0 Å².